The molecule has 0 bridgehead atoms. The Labute approximate surface area is 115 Å². The van der Waals surface area contributed by atoms with Gasteiger partial charge in [-0.1, -0.05) is 17.3 Å². The van der Waals surface area contributed by atoms with E-state index < -0.39 is 0 Å². The molecule has 0 unspecified atom stereocenters. The van der Waals surface area contributed by atoms with Crippen LogP contribution >= 0.6 is 11.6 Å². The minimum Gasteiger partial charge on any atom is -0.342 e. The maximum atomic E-state index is 5.63. The van der Waals surface area contributed by atoms with E-state index in [1.807, 2.05) is 24.3 Å². The lowest BCUT2D eigenvalue weighted by Gasteiger charge is -1.88. The Bertz CT molecular complexity index is 643. The van der Waals surface area contributed by atoms with Gasteiger partial charge < -0.3 is 9.51 Å². The summed E-state index contributed by atoms with van der Waals surface area (Å²) >= 11 is 5.63. The summed E-state index contributed by atoms with van der Waals surface area (Å²) in [5.74, 6) is 2.71. The number of halogens is 1. The molecule has 1 N–H and O–H groups in total. The van der Waals surface area contributed by atoms with E-state index in [1.165, 1.54) is 0 Å². The fraction of sp³-hybridized carbons (Fsp3) is 0.308. The summed E-state index contributed by atoms with van der Waals surface area (Å²) in [5, 5.41) is 3.95. The maximum Gasteiger partial charge on any atom is 0.226 e. The number of benzene rings is 1. The van der Waals surface area contributed by atoms with Gasteiger partial charge in [0.15, 0.2) is 5.82 Å². The number of H-pyrrole nitrogens is 1. The van der Waals surface area contributed by atoms with Crippen molar-refractivity contribution in [2.45, 2.75) is 19.3 Å². The molecule has 0 aliphatic carbocycles. The van der Waals surface area contributed by atoms with Gasteiger partial charge in [-0.25, -0.2) is 4.98 Å². The fourth-order valence-corrected chi connectivity index (χ4v) is 2.05. The Balaban J connectivity index is 1.75. The third-order valence-electron chi connectivity index (χ3n) is 2.80. The Morgan fingerprint density at radius 1 is 1.21 bits per heavy atom. The van der Waals surface area contributed by atoms with Crippen molar-refractivity contribution in [3.05, 3.63) is 41.8 Å². The number of nitrogens with zero attached hydrogens (tertiary/aromatic N) is 3. The highest BCUT2D eigenvalue weighted by molar-refractivity contribution is 6.17. The predicted molar refractivity (Wildman–Crippen MR) is 72.2 cm³/mol. The lowest BCUT2D eigenvalue weighted by Crippen LogP contribution is -1.94. The monoisotopic (exact) mass is 276 g/mol. The average Bonchev–Trinajstić information content (AvgIpc) is 3.02. The first-order chi connectivity index (χ1) is 9.35. The van der Waals surface area contributed by atoms with E-state index in [0.29, 0.717) is 24.0 Å². The highest BCUT2D eigenvalue weighted by Crippen LogP contribution is 2.12. The van der Waals surface area contributed by atoms with Gasteiger partial charge in [0.1, 0.15) is 5.82 Å². The van der Waals surface area contributed by atoms with Crippen molar-refractivity contribution in [1.82, 2.24) is 20.1 Å². The van der Waals surface area contributed by atoms with Crippen molar-refractivity contribution < 1.29 is 4.52 Å². The zero-order valence-corrected chi connectivity index (χ0v) is 11.0. The average molecular weight is 277 g/mol. The molecule has 3 aromatic rings. The Hall–Kier alpha value is -1.88. The second-order valence-electron chi connectivity index (χ2n) is 4.27. The Morgan fingerprint density at radius 2 is 2.11 bits per heavy atom. The number of aromatic nitrogens is 4. The van der Waals surface area contributed by atoms with Crippen LogP contribution in [0, 0.1) is 0 Å². The van der Waals surface area contributed by atoms with Crippen LogP contribution in [0.2, 0.25) is 0 Å². The zero-order chi connectivity index (χ0) is 13.1. The lowest BCUT2D eigenvalue weighted by atomic mass is 10.3. The fourth-order valence-electron chi connectivity index (χ4n) is 1.92. The molecule has 5 nitrogen and oxygen atoms in total. The van der Waals surface area contributed by atoms with Crippen molar-refractivity contribution in [1.29, 1.82) is 0 Å². The highest BCUT2D eigenvalue weighted by atomic mass is 35.5. The van der Waals surface area contributed by atoms with E-state index in [9.17, 15) is 0 Å². The van der Waals surface area contributed by atoms with Gasteiger partial charge in [-0.2, -0.15) is 4.98 Å². The molecule has 19 heavy (non-hydrogen) atoms. The number of alkyl halides is 1. The number of aromatic amines is 1. The molecule has 2 aromatic heterocycles. The topological polar surface area (TPSA) is 67.6 Å². The number of nitrogens with one attached hydrogen (secondary N) is 1. The van der Waals surface area contributed by atoms with Crippen LogP contribution in [0.4, 0.5) is 0 Å². The molecule has 1 aromatic carbocycles. The third-order valence-corrected chi connectivity index (χ3v) is 3.07. The minimum absolute atomic E-state index is 0.541. The van der Waals surface area contributed by atoms with Crippen LogP contribution in [0.15, 0.2) is 28.8 Å². The van der Waals surface area contributed by atoms with Crippen LogP contribution in [0.1, 0.15) is 24.0 Å². The number of imidazole rings is 1. The predicted octanol–water partition coefficient (Wildman–Crippen LogP) is 2.71. The molecule has 0 atom stereocenters. The number of hydrogen-bond donors (Lipinski definition) is 1. The molecule has 98 valence electrons. The van der Waals surface area contributed by atoms with Gasteiger partial charge in [0.25, 0.3) is 0 Å². The van der Waals surface area contributed by atoms with E-state index in [0.717, 1.165) is 29.7 Å². The third kappa shape index (κ3) is 2.76. The van der Waals surface area contributed by atoms with Gasteiger partial charge in [0, 0.05) is 12.3 Å². The quantitative estimate of drug-likeness (QED) is 0.728. The smallest absolute Gasteiger partial charge is 0.226 e. The molecule has 0 saturated carbocycles. The first-order valence-corrected chi connectivity index (χ1v) is 6.69. The van der Waals surface area contributed by atoms with Gasteiger partial charge in [-0.05, 0) is 18.6 Å². The summed E-state index contributed by atoms with van der Waals surface area (Å²) in [6, 6.07) is 7.90. The normalized spacial score (nSPS) is 11.2. The summed E-state index contributed by atoms with van der Waals surface area (Å²) in [7, 11) is 0. The molecule has 0 aliphatic rings. The number of hydrogen-bond acceptors (Lipinski definition) is 4. The van der Waals surface area contributed by atoms with E-state index in [1.54, 1.807) is 0 Å². The van der Waals surface area contributed by atoms with Crippen molar-refractivity contribution in [3.8, 4) is 0 Å². The molecule has 2 heterocycles. The van der Waals surface area contributed by atoms with Crippen LogP contribution in [0.25, 0.3) is 11.0 Å². The van der Waals surface area contributed by atoms with E-state index >= 15 is 0 Å². The van der Waals surface area contributed by atoms with Gasteiger partial charge in [-0.3, -0.25) is 0 Å². The van der Waals surface area contributed by atoms with Crippen LogP contribution < -0.4 is 0 Å². The van der Waals surface area contributed by atoms with Crippen LogP contribution in [0.3, 0.4) is 0 Å². The second-order valence-corrected chi connectivity index (χ2v) is 4.65. The molecule has 0 saturated heterocycles. The number of aryl methyl sites for hydroxylation is 1. The van der Waals surface area contributed by atoms with Crippen LogP contribution in [-0.4, -0.2) is 26.0 Å². The van der Waals surface area contributed by atoms with Gasteiger partial charge in [-0.15, -0.1) is 11.6 Å². The first-order valence-electron chi connectivity index (χ1n) is 6.16. The number of para-hydroxylation sites is 2. The highest BCUT2D eigenvalue weighted by Gasteiger charge is 2.09. The largest absolute Gasteiger partial charge is 0.342 e. The summed E-state index contributed by atoms with van der Waals surface area (Å²) in [5.41, 5.74) is 1.96. The molecule has 3 rings (SSSR count). The Kier molecular flexibility index (Phi) is 3.46. The second kappa shape index (κ2) is 5.40. The zero-order valence-electron chi connectivity index (χ0n) is 10.3. The van der Waals surface area contributed by atoms with E-state index in [4.69, 9.17) is 16.1 Å². The molecule has 0 fully saturated rings. The van der Waals surface area contributed by atoms with Crippen molar-refractivity contribution in [2.24, 2.45) is 0 Å². The SMILES string of the molecule is ClCCCc1nc(Cc2nc3ccccc3[nH]2)no1. The van der Waals surface area contributed by atoms with Crippen molar-refractivity contribution in [3.63, 3.8) is 0 Å². The molecular formula is C13H13ClN4O. The molecule has 0 amide bonds. The maximum absolute atomic E-state index is 5.63. The van der Waals surface area contributed by atoms with Crippen molar-refractivity contribution >= 4 is 22.6 Å². The molecular weight excluding hydrogens is 264 g/mol. The lowest BCUT2D eigenvalue weighted by molar-refractivity contribution is 0.373. The van der Waals surface area contributed by atoms with E-state index in [2.05, 4.69) is 20.1 Å². The number of rotatable bonds is 5. The first kappa shape index (κ1) is 12.2. The summed E-state index contributed by atoms with van der Waals surface area (Å²) in [4.78, 5) is 12.0. The van der Waals surface area contributed by atoms with Crippen LogP contribution in [0.5, 0.6) is 0 Å². The Morgan fingerprint density at radius 3 is 2.95 bits per heavy atom. The van der Waals surface area contributed by atoms with Crippen LogP contribution in [-0.2, 0) is 12.8 Å². The summed E-state index contributed by atoms with van der Waals surface area (Å²) < 4.78 is 5.15. The van der Waals surface area contributed by atoms with Gasteiger partial charge >= 0.3 is 0 Å². The molecule has 0 aliphatic heterocycles. The standard InChI is InChI=1S/C13H13ClN4O/c14-7-3-6-13-17-12(18-19-13)8-11-15-9-4-1-2-5-10(9)16-11/h1-2,4-5H,3,6-8H2,(H,15,16). The minimum atomic E-state index is 0.541. The number of fused-ring (bicyclic) bond motifs is 1. The van der Waals surface area contributed by atoms with Crippen molar-refractivity contribution in [2.75, 3.05) is 5.88 Å². The molecule has 0 spiro atoms. The summed E-state index contributed by atoms with van der Waals surface area (Å²) in [6.45, 7) is 0. The molecule has 6 heteroatoms. The molecule has 0 radical (unpaired) electrons. The summed E-state index contributed by atoms with van der Waals surface area (Å²) in [6.07, 6.45) is 2.10. The van der Waals surface area contributed by atoms with Gasteiger partial charge in [0.2, 0.25) is 5.89 Å². The van der Waals surface area contributed by atoms with E-state index in [-0.39, 0.29) is 0 Å². The van der Waals surface area contributed by atoms with Gasteiger partial charge in [0.05, 0.1) is 17.5 Å².